The summed E-state index contributed by atoms with van der Waals surface area (Å²) in [6.45, 7) is 12.5. The number of rotatable bonds is 5. The largest absolute Gasteiger partial charge is 0.435 e. The number of nitrogens with zero attached hydrogens (tertiary/aromatic N) is 2. The number of carbonyl (C=O) groups is 2. The van der Waals surface area contributed by atoms with Gasteiger partial charge in [0.1, 0.15) is 0 Å². The van der Waals surface area contributed by atoms with Gasteiger partial charge in [-0.25, -0.2) is 9.78 Å². The number of hydrogen-bond acceptors (Lipinski definition) is 8. The van der Waals surface area contributed by atoms with Gasteiger partial charge in [-0.05, 0) is 44.6 Å². The Morgan fingerprint density at radius 1 is 1.00 bits per heavy atom. The number of likely N-dealkylation sites (N-methyl/N-ethyl adjacent to an activating group) is 1. The van der Waals surface area contributed by atoms with E-state index in [1.54, 1.807) is 0 Å². The second-order valence-electron chi connectivity index (χ2n) is 11.1. The average Bonchev–Trinajstić information content (AvgIpc) is 3.06. The van der Waals surface area contributed by atoms with Crippen LogP contribution in [0.4, 0.5) is 0 Å². The smallest absolute Gasteiger partial charge is 0.308 e. The monoisotopic (exact) mass is 480 g/mol. The summed E-state index contributed by atoms with van der Waals surface area (Å²) in [6.07, 6.45) is 2.58. The molecule has 1 amide bonds. The second-order valence-corrected chi connectivity index (χ2v) is 11.1. The third kappa shape index (κ3) is 4.17. The minimum atomic E-state index is -0.860. The predicted octanol–water partition coefficient (Wildman–Crippen LogP) is 2.68. The Bertz CT molecular complexity index is 787. The molecule has 5 heterocycles. The van der Waals surface area contributed by atoms with E-state index in [4.69, 9.17) is 24.0 Å². The highest BCUT2D eigenvalue weighted by Crippen LogP contribution is 2.60. The zero-order valence-corrected chi connectivity index (χ0v) is 21.0. The van der Waals surface area contributed by atoms with Crippen molar-refractivity contribution in [3.63, 3.8) is 0 Å². The maximum Gasteiger partial charge on any atom is 0.308 e. The summed E-state index contributed by atoms with van der Waals surface area (Å²) in [6, 6.07) is 0. The van der Waals surface area contributed by atoms with Crippen LogP contribution in [-0.4, -0.2) is 78.4 Å². The zero-order valence-electron chi connectivity index (χ0n) is 21.0. The van der Waals surface area contributed by atoms with E-state index < -0.39 is 29.9 Å². The highest BCUT2D eigenvalue weighted by atomic mass is 17.3. The van der Waals surface area contributed by atoms with Gasteiger partial charge in [0.05, 0.1) is 6.42 Å². The fraction of sp³-hybridized carbons (Fsp3) is 0.920. The SMILES string of the molecule is CCN1CCN(C(=O)CCC(=O)O[C@@H]2O[C@@H]3O[C@]4(C)CC[C@H]5[C@H](C)CC[C@@H]([C@H]2C)[C@@]35OO4)CC1. The molecule has 1 saturated carbocycles. The first-order chi connectivity index (χ1) is 16.3. The Morgan fingerprint density at radius 3 is 2.50 bits per heavy atom. The Labute approximate surface area is 202 Å². The van der Waals surface area contributed by atoms with E-state index in [0.717, 1.165) is 45.3 Å². The Morgan fingerprint density at radius 2 is 1.76 bits per heavy atom. The highest BCUT2D eigenvalue weighted by molar-refractivity contribution is 5.81. The van der Waals surface area contributed by atoms with Crippen molar-refractivity contribution in [3.8, 4) is 0 Å². The zero-order chi connectivity index (χ0) is 24.1. The van der Waals surface area contributed by atoms with E-state index in [2.05, 4.69) is 25.7 Å². The Balaban J connectivity index is 1.21. The number of piperazine rings is 1. The molecule has 34 heavy (non-hydrogen) atoms. The van der Waals surface area contributed by atoms with Gasteiger partial charge in [0, 0.05) is 50.9 Å². The summed E-state index contributed by atoms with van der Waals surface area (Å²) in [4.78, 5) is 41.5. The van der Waals surface area contributed by atoms with E-state index in [1.807, 2.05) is 11.8 Å². The first kappa shape index (κ1) is 24.4. The van der Waals surface area contributed by atoms with Gasteiger partial charge in [-0.15, -0.1) is 0 Å². The number of esters is 1. The van der Waals surface area contributed by atoms with Crippen LogP contribution in [-0.2, 0) is 33.6 Å². The van der Waals surface area contributed by atoms with Crippen molar-refractivity contribution in [2.75, 3.05) is 32.7 Å². The molecule has 1 spiro atoms. The summed E-state index contributed by atoms with van der Waals surface area (Å²) >= 11 is 0. The van der Waals surface area contributed by atoms with Gasteiger partial charge in [-0.2, -0.15) is 0 Å². The van der Waals surface area contributed by atoms with Crippen LogP contribution >= 0.6 is 0 Å². The normalized spacial score (nSPS) is 44.3. The predicted molar refractivity (Wildman–Crippen MR) is 121 cm³/mol. The fourth-order valence-corrected chi connectivity index (χ4v) is 6.88. The van der Waals surface area contributed by atoms with Crippen LogP contribution in [0.15, 0.2) is 0 Å². The molecule has 6 rings (SSSR count). The summed E-state index contributed by atoms with van der Waals surface area (Å²) in [7, 11) is 0. The number of fused-ring (bicyclic) bond motifs is 2. The molecule has 6 aliphatic rings. The molecule has 0 aromatic carbocycles. The van der Waals surface area contributed by atoms with Gasteiger partial charge in [0.15, 0.2) is 11.9 Å². The minimum Gasteiger partial charge on any atom is -0.435 e. The molecule has 0 aromatic heterocycles. The van der Waals surface area contributed by atoms with Crippen molar-refractivity contribution < 1.29 is 33.6 Å². The van der Waals surface area contributed by atoms with Crippen LogP contribution in [0, 0.1) is 23.7 Å². The molecule has 5 aliphatic heterocycles. The van der Waals surface area contributed by atoms with Gasteiger partial charge in [-0.3, -0.25) is 9.59 Å². The maximum atomic E-state index is 12.7. The molecule has 9 heteroatoms. The third-order valence-corrected chi connectivity index (χ3v) is 9.06. The standard InChI is InChI=1S/C25H40N2O7/c1-5-26-12-14-27(15-13-26)20(28)8-9-21(29)30-22-17(3)19-7-6-16(2)18-10-11-24(4)32-23(31-22)25(18,19)34-33-24/h16-19,22-23H,5-15H2,1-4H3/t16-,17-,18+,19+,22-,23-,24+,25-/m1/s1. The summed E-state index contributed by atoms with van der Waals surface area (Å²) < 4.78 is 18.4. The molecule has 0 N–H and O–H groups in total. The van der Waals surface area contributed by atoms with Crippen LogP contribution in [0.2, 0.25) is 0 Å². The molecule has 192 valence electrons. The van der Waals surface area contributed by atoms with Gasteiger partial charge < -0.3 is 24.0 Å². The summed E-state index contributed by atoms with van der Waals surface area (Å²) in [5, 5.41) is 0. The van der Waals surface area contributed by atoms with Crippen LogP contribution in [0.25, 0.3) is 0 Å². The van der Waals surface area contributed by atoms with Crippen molar-refractivity contribution in [1.29, 1.82) is 0 Å². The number of hydrogen-bond donors (Lipinski definition) is 0. The van der Waals surface area contributed by atoms with Crippen LogP contribution in [0.5, 0.6) is 0 Å². The molecule has 0 aromatic rings. The molecule has 8 atom stereocenters. The summed E-state index contributed by atoms with van der Waals surface area (Å²) in [5.41, 5.74) is -0.674. The molecule has 6 fully saturated rings. The molecule has 0 unspecified atom stereocenters. The lowest BCUT2D eigenvalue weighted by atomic mass is 9.58. The van der Waals surface area contributed by atoms with E-state index >= 15 is 0 Å². The van der Waals surface area contributed by atoms with Gasteiger partial charge >= 0.3 is 5.97 Å². The molecular formula is C25H40N2O7. The molecular weight excluding hydrogens is 440 g/mol. The van der Waals surface area contributed by atoms with Crippen LogP contribution in [0.3, 0.4) is 0 Å². The second kappa shape index (κ2) is 9.32. The van der Waals surface area contributed by atoms with Crippen molar-refractivity contribution in [3.05, 3.63) is 0 Å². The third-order valence-electron chi connectivity index (χ3n) is 9.06. The first-order valence-electron chi connectivity index (χ1n) is 13.2. The van der Waals surface area contributed by atoms with Crippen molar-refractivity contribution in [1.82, 2.24) is 9.80 Å². The topological polar surface area (TPSA) is 86.8 Å². The minimum absolute atomic E-state index is 0.0104. The van der Waals surface area contributed by atoms with Crippen molar-refractivity contribution in [2.45, 2.75) is 90.2 Å². The van der Waals surface area contributed by atoms with Crippen LogP contribution < -0.4 is 0 Å². The molecule has 2 bridgehead atoms. The van der Waals surface area contributed by atoms with E-state index in [0.29, 0.717) is 19.0 Å². The van der Waals surface area contributed by atoms with Crippen molar-refractivity contribution >= 4 is 11.9 Å². The Hall–Kier alpha value is -1.26. The van der Waals surface area contributed by atoms with Crippen LogP contribution in [0.1, 0.15) is 66.2 Å². The maximum absolute atomic E-state index is 12.7. The van der Waals surface area contributed by atoms with Gasteiger partial charge in [-0.1, -0.05) is 20.8 Å². The Kier molecular flexibility index (Phi) is 6.70. The summed E-state index contributed by atoms with van der Waals surface area (Å²) in [5.74, 6) is -0.475. The van der Waals surface area contributed by atoms with Gasteiger partial charge in [0.2, 0.25) is 18.0 Å². The average molecular weight is 481 g/mol. The van der Waals surface area contributed by atoms with Gasteiger partial charge in [0.25, 0.3) is 0 Å². The highest BCUT2D eigenvalue weighted by Gasteiger charge is 2.69. The molecule has 5 saturated heterocycles. The number of ether oxygens (including phenoxy) is 3. The first-order valence-corrected chi connectivity index (χ1v) is 13.2. The number of carbonyl (C=O) groups excluding carboxylic acids is 2. The lowest BCUT2D eigenvalue weighted by molar-refractivity contribution is -0.576. The lowest BCUT2D eigenvalue weighted by Gasteiger charge is -2.59. The van der Waals surface area contributed by atoms with Crippen molar-refractivity contribution in [2.24, 2.45) is 23.7 Å². The number of amides is 1. The van der Waals surface area contributed by atoms with E-state index in [1.165, 1.54) is 0 Å². The molecule has 0 radical (unpaired) electrons. The van der Waals surface area contributed by atoms with E-state index in [9.17, 15) is 9.59 Å². The van der Waals surface area contributed by atoms with E-state index in [-0.39, 0.29) is 36.5 Å². The molecule has 1 aliphatic carbocycles. The fourth-order valence-electron chi connectivity index (χ4n) is 6.88. The lowest BCUT2D eigenvalue weighted by Crippen LogP contribution is -2.70. The molecule has 9 nitrogen and oxygen atoms in total. The quantitative estimate of drug-likeness (QED) is 0.439.